The third-order valence-corrected chi connectivity index (χ3v) is 5.40. The SMILES string of the molecule is CC(C)C[C@@H](Nc1cccc(C(N)=NO)c1)C(=O)Nc1ccc(N2CCCCC2=O)cc1. The molecule has 1 heterocycles. The minimum absolute atomic E-state index is 0.00536. The molecule has 0 unspecified atom stereocenters. The Morgan fingerprint density at radius 1 is 1.16 bits per heavy atom. The third-order valence-electron chi connectivity index (χ3n) is 5.40. The van der Waals surface area contributed by atoms with Crippen LogP contribution in [0.25, 0.3) is 0 Å². The van der Waals surface area contributed by atoms with E-state index in [-0.39, 0.29) is 23.6 Å². The lowest BCUT2D eigenvalue weighted by atomic mass is 10.0. The van der Waals surface area contributed by atoms with Gasteiger partial charge in [-0.2, -0.15) is 0 Å². The molecule has 0 aromatic heterocycles. The fraction of sp³-hybridized carbons (Fsp3) is 0.375. The van der Waals surface area contributed by atoms with Crippen molar-refractivity contribution in [3.05, 3.63) is 54.1 Å². The van der Waals surface area contributed by atoms with Crippen molar-refractivity contribution in [1.29, 1.82) is 0 Å². The second kappa shape index (κ2) is 10.7. The molecule has 32 heavy (non-hydrogen) atoms. The number of benzene rings is 2. The summed E-state index contributed by atoms with van der Waals surface area (Å²) in [6, 6.07) is 14.0. The Labute approximate surface area is 188 Å². The second-order valence-electron chi connectivity index (χ2n) is 8.43. The summed E-state index contributed by atoms with van der Waals surface area (Å²) in [5.74, 6) is 0.279. The number of hydrogen-bond donors (Lipinski definition) is 4. The first-order valence-corrected chi connectivity index (χ1v) is 10.9. The molecule has 1 aliphatic heterocycles. The second-order valence-corrected chi connectivity index (χ2v) is 8.43. The van der Waals surface area contributed by atoms with Crippen LogP contribution in [0.2, 0.25) is 0 Å². The molecule has 0 aliphatic carbocycles. The minimum Gasteiger partial charge on any atom is -0.409 e. The van der Waals surface area contributed by atoms with Crippen LogP contribution in [0.15, 0.2) is 53.7 Å². The molecular weight excluding hydrogens is 406 g/mol. The maximum atomic E-state index is 13.0. The number of rotatable bonds is 8. The fourth-order valence-corrected chi connectivity index (χ4v) is 3.76. The lowest BCUT2D eigenvalue weighted by Crippen LogP contribution is -2.36. The van der Waals surface area contributed by atoms with Crippen molar-refractivity contribution in [2.24, 2.45) is 16.8 Å². The van der Waals surface area contributed by atoms with Gasteiger partial charge in [-0.1, -0.05) is 31.1 Å². The van der Waals surface area contributed by atoms with Gasteiger partial charge in [0.25, 0.3) is 0 Å². The highest BCUT2D eigenvalue weighted by Crippen LogP contribution is 2.23. The predicted octanol–water partition coefficient (Wildman–Crippen LogP) is 3.76. The molecule has 0 bridgehead atoms. The topological polar surface area (TPSA) is 120 Å². The number of piperidine rings is 1. The molecular formula is C24H31N5O3. The standard InChI is InChI=1S/C24H31N5O3/c1-16(2)14-21(26-19-7-5-6-17(15-19)23(25)28-32)24(31)27-18-9-11-20(12-10-18)29-13-4-3-8-22(29)30/h5-7,9-12,15-16,21,26,32H,3-4,8,13-14H2,1-2H3,(H2,25,28)(H,27,31)/t21-/m1/s1. The monoisotopic (exact) mass is 437 g/mol. The molecule has 1 aliphatic rings. The number of anilines is 3. The van der Waals surface area contributed by atoms with Gasteiger partial charge in [-0.3, -0.25) is 9.59 Å². The van der Waals surface area contributed by atoms with Crippen LogP contribution < -0.4 is 21.3 Å². The van der Waals surface area contributed by atoms with Crippen LogP contribution in [0.3, 0.4) is 0 Å². The van der Waals surface area contributed by atoms with Gasteiger partial charge in [-0.05, 0) is 61.6 Å². The molecule has 0 radical (unpaired) electrons. The number of hydrogen-bond acceptors (Lipinski definition) is 5. The Bertz CT molecular complexity index is 972. The van der Waals surface area contributed by atoms with Crippen molar-refractivity contribution in [2.45, 2.75) is 45.6 Å². The van der Waals surface area contributed by atoms with Gasteiger partial charge in [-0.25, -0.2) is 0 Å². The molecule has 0 saturated carbocycles. The molecule has 0 spiro atoms. The first kappa shape index (κ1) is 23.1. The van der Waals surface area contributed by atoms with Crippen LogP contribution in [0.1, 0.15) is 45.1 Å². The maximum absolute atomic E-state index is 13.0. The predicted molar refractivity (Wildman–Crippen MR) is 127 cm³/mol. The Morgan fingerprint density at radius 2 is 1.91 bits per heavy atom. The van der Waals surface area contributed by atoms with Gasteiger partial charge in [0.15, 0.2) is 5.84 Å². The Kier molecular flexibility index (Phi) is 7.70. The molecule has 8 heteroatoms. The fourth-order valence-electron chi connectivity index (χ4n) is 3.76. The van der Waals surface area contributed by atoms with Crippen molar-refractivity contribution in [2.75, 3.05) is 22.1 Å². The molecule has 1 atom stereocenters. The van der Waals surface area contributed by atoms with Crippen molar-refractivity contribution >= 4 is 34.7 Å². The van der Waals surface area contributed by atoms with E-state index in [4.69, 9.17) is 10.9 Å². The number of oxime groups is 1. The number of carbonyl (C=O) groups excluding carboxylic acids is 2. The normalized spacial score (nSPS) is 15.5. The average Bonchev–Trinajstić information content (AvgIpc) is 2.79. The molecule has 8 nitrogen and oxygen atoms in total. The van der Waals surface area contributed by atoms with E-state index in [1.807, 2.05) is 30.3 Å². The zero-order valence-corrected chi connectivity index (χ0v) is 18.5. The van der Waals surface area contributed by atoms with E-state index < -0.39 is 6.04 Å². The van der Waals surface area contributed by atoms with E-state index in [1.165, 1.54) is 0 Å². The highest BCUT2D eigenvalue weighted by molar-refractivity contribution is 5.99. The lowest BCUT2D eigenvalue weighted by Gasteiger charge is -2.27. The maximum Gasteiger partial charge on any atom is 0.246 e. The summed E-state index contributed by atoms with van der Waals surface area (Å²) in [5, 5.41) is 18.2. The van der Waals surface area contributed by atoms with Gasteiger partial charge in [-0.15, -0.1) is 0 Å². The molecule has 2 amide bonds. The van der Waals surface area contributed by atoms with E-state index in [2.05, 4.69) is 29.6 Å². The van der Waals surface area contributed by atoms with E-state index in [9.17, 15) is 9.59 Å². The average molecular weight is 438 g/mol. The smallest absolute Gasteiger partial charge is 0.246 e. The van der Waals surface area contributed by atoms with Gasteiger partial charge in [0.05, 0.1) is 0 Å². The third kappa shape index (κ3) is 6.00. The molecule has 2 aromatic carbocycles. The number of nitrogens with zero attached hydrogens (tertiary/aromatic N) is 2. The number of nitrogens with one attached hydrogen (secondary N) is 2. The zero-order chi connectivity index (χ0) is 23.1. The summed E-state index contributed by atoms with van der Waals surface area (Å²) >= 11 is 0. The Hall–Kier alpha value is -3.55. The van der Waals surface area contributed by atoms with Crippen LogP contribution in [-0.4, -0.2) is 35.4 Å². The van der Waals surface area contributed by atoms with E-state index >= 15 is 0 Å². The largest absolute Gasteiger partial charge is 0.409 e. The minimum atomic E-state index is -0.471. The molecule has 5 N–H and O–H groups in total. The van der Waals surface area contributed by atoms with Crippen LogP contribution in [0.4, 0.5) is 17.1 Å². The summed E-state index contributed by atoms with van der Waals surface area (Å²) in [5.41, 5.74) is 8.46. The number of amidine groups is 1. The molecule has 1 saturated heterocycles. The van der Waals surface area contributed by atoms with E-state index in [0.717, 1.165) is 25.1 Å². The van der Waals surface area contributed by atoms with Crippen molar-refractivity contribution in [3.63, 3.8) is 0 Å². The number of amides is 2. The van der Waals surface area contributed by atoms with Gasteiger partial charge in [0.1, 0.15) is 6.04 Å². The Morgan fingerprint density at radius 3 is 2.56 bits per heavy atom. The van der Waals surface area contributed by atoms with E-state index in [1.54, 1.807) is 23.1 Å². The summed E-state index contributed by atoms with van der Waals surface area (Å²) < 4.78 is 0. The molecule has 1 fully saturated rings. The van der Waals surface area contributed by atoms with Gasteiger partial charge >= 0.3 is 0 Å². The first-order valence-electron chi connectivity index (χ1n) is 10.9. The highest BCUT2D eigenvalue weighted by atomic mass is 16.4. The van der Waals surface area contributed by atoms with E-state index in [0.29, 0.717) is 29.8 Å². The van der Waals surface area contributed by atoms with Crippen molar-refractivity contribution in [1.82, 2.24) is 0 Å². The first-order chi connectivity index (χ1) is 15.4. The van der Waals surface area contributed by atoms with Crippen LogP contribution in [-0.2, 0) is 9.59 Å². The zero-order valence-electron chi connectivity index (χ0n) is 18.5. The molecule has 3 rings (SSSR count). The Balaban J connectivity index is 1.70. The number of carbonyl (C=O) groups is 2. The summed E-state index contributed by atoms with van der Waals surface area (Å²) in [6.07, 6.45) is 3.15. The van der Waals surface area contributed by atoms with Crippen molar-refractivity contribution in [3.8, 4) is 0 Å². The van der Waals surface area contributed by atoms with Crippen LogP contribution in [0.5, 0.6) is 0 Å². The van der Waals surface area contributed by atoms with Gasteiger partial charge in [0, 0.05) is 35.6 Å². The van der Waals surface area contributed by atoms with Crippen LogP contribution in [0, 0.1) is 5.92 Å². The van der Waals surface area contributed by atoms with Crippen molar-refractivity contribution < 1.29 is 14.8 Å². The molecule has 170 valence electrons. The highest BCUT2D eigenvalue weighted by Gasteiger charge is 2.22. The summed E-state index contributed by atoms with van der Waals surface area (Å²) in [4.78, 5) is 27.0. The van der Waals surface area contributed by atoms with Gasteiger partial charge < -0.3 is 26.5 Å². The number of nitrogens with two attached hydrogens (primary N) is 1. The lowest BCUT2D eigenvalue weighted by molar-refractivity contribution is -0.119. The molecule has 2 aromatic rings. The summed E-state index contributed by atoms with van der Waals surface area (Å²) in [7, 11) is 0. The van der Waals surface area contributed by atoms with Crippen LogP contribution >= 0.6 is 0 Å². The van der Waals surface area contributed by atoms with Gasteiger partial charge in [0.2, 0.25) is 11.8 Å². The quantitative estimate of drug-likeness (QED) is 0.217. The summed E-state index contributed by atoms with van der Waals surface area (Å²) in [6.45, 7) is 4.84.